The van der Waals surface area contributed by atoms with Gasteiger partial charge in [0.2, 0.25) is 0 Å². The zero-order valence-corrected chi connectivity index (χ0v) is 7.88. The molecule has 0 amide bonds. The molecule has 5 nitrogen and oxygen atoms in total. The van der Waals surface area contributed by atoms with Gasteiger partial charge in [0, 0.05) is 12.8 Å². The minimum atomic E-state index is -1.83. The van der Waals surface area contributed by atoms with Gasteiger partial charge in [0.25, 0.3) is 0 Å². The molecular formula is C9H14O5. The molecule has 1 fully saturated rings. The van der Waals surface area contributed by atoms with Crippen LogP contribution in [0.1, 0.15) is 19.8 Å². The van der Waals surface area contributed by atoms with Gasteiger partial charge in [0.15, 0.2) is 0 Å². The van der Waals surface area contributed by atoms with Gasteiger partial charge in [-0.2, -0.15) is 0 Å². The van der Waals surface area contributed by atoms with Crippen molar-refractivity contribution < 1.29 is 24.9 Å². The average molecular weight is 202 g/mol. The summed E-state index contributed by atoms with van der Waals surface area (Å²) in [5.74, 6) is -1.13. The number of aliphatic hydroxyl groups excluding tert-OH is 1. The van der Waals surface area contributed by atoms with Crippen molar-refractivity contribution in [3.8, 4) is 0 Å². The van der Waals surface area contributed by atoms with Crippen LogP contribution in [0, 0.1) is 5.92 Å². The summed E-state index contributed by atoms with van der Waals surface area (Å²) in [7, 11) is 0. The van der Waals surface area contributed by atoms with Crippen LogP contribution in [0.25, 0.3) is 0 Å². The molecule has 14 heavy (non-hydrogen) atoms. The van der Waals surface area contributed by atoms with E-state index < -0.39 is 23.2 Å². The molecule has 4 atom stereocenters. The molecule has 0 aromatic heterocycles. The van der Waals surface area contributed by atoms with Crippen molar-refractivity contribution in [2.45, 2.75) is 37.1 Å². The summed E-state index contributed by atoms with van der Waals surface area (Å²) < 4.78 is 0. The molecule has 0 heterocycles. The maximum atomic E-state index is 10.7. The minimum Gasteiger partial charge on any atom is -0.390 e. The fourth-order valence-corrected chi connectivity index (χ4v) is 2.10. The highest BCUT2D eigenvalue weighted by Gasteiger charge is 2.58. The molecule has 0 saturated heterocycles. The van der Waals surface area contributed by atoms with E-state index in [-0.39, 0.29) is 12.8 Å². The number of aliphatic hydroxyl groups is 3. The molecule has 3 N–H and O–H groups in total. The first-order chi connectivity index (χ1) is 6.38. The third-order valence-corrected chi connectivity index (χ3v) is 2.94. The Labute approximate surface area is 81.4 Å². The van der Waals surface area contributed by atoms with Crippen molar-refractivity contribution >= 4 is 12.6 Å². The van der Waals surface area contributed by atoms with Crippen LogP contribution in [-0.4, -0.2) is 45.2 Å². The number of carbonyl (C=O) groups excluding carboxylic acids is 2. The van der Waals surface area contributed by atoms with E-state index in [0.717, 1.165) is 0 Å². The van der Waals surface area contributed by atoms with E-state index in [0.29, 0.717) is 12.6 Å². The smallest absolute Gasteiger partial charge is 0.128 e. The quantitative estimate of drug-likeness (QED) is 0.491. The van der Waals surface area contributed by atoms with Gasteiger partial charge in [-0.15, -0.1) is 0 Å². The Bertz CT molecular complexity index is 250. The largest absolute Gasteiger partial charge is 0.390 e. The average Bonchev–Trinajstić information content (AvgIpc) is 2.19. The summed E-state index contributed by atoms with van der Waals surface area (Å²) in [4.78, 5) is 21.0. The summed E-state index contributed by atoms with van der Waals surface area (Å²) >= 11 is 0. The van der Waals surface area contributed by atoms with E-state index in [1.165, 1.54) is 6.92 Å². The Morgan fingerprint density at radius 2 is 2.00 bits per heavy atom. The number of hydrogen-bond donors (Lipinski definition) is 3. The molecular weight excluding hydrogens is 188 g/mol. The van der Waals surface area contributed by atoms with Gasteiger partial charge in [-0.05, 0) is 6.92 Å². The van der Waals surface area contributed by atoms with Crippen molar-refractivity contribution in [1.29, 1.82) is 0 Å². The van der Waals surface area contributed by atoms with Gasteiger partial charge in [-0.1, -0.05) is 0 Å². The van der Waals surface area contributed by atoms with E-state index >= 15 is 0 Å². The summed E-state index contributed by atoms with van der Waals surface area (Å²) in [6, 6.07) is 0. The second-order valence-electron chi connectivity index (χ2n) is 4.05. The third kappa shape index (κ3) is 1.47. The Balaban J connectivity index is 3.04. The molecule has 80 valence electrons. The van der Waals surface area contributed by atoms with E-state index in [4.69, 9.17) is 0 Å². The zero-order chi connectivity index (χ0) is 11.0. The molecule has 1 aliphatic rings. The van der Waals surface area contributed by atoms with E-state index in [2.05, 4.69) is 0 Å². The van der Waals surface area contributed by atoms with Crippen molar-refractivity contribution in [2.24, 2.45) is 5.92 Å². The number of aldehydes is 2. The van der Waals surface area contributed by atoms with Crippen molar-refractivity contribution in [2.75, 3.05) is 0 Å². The second kappa shape index (κ2) is 3.42. The predicted molar refractivity (Wildman–Crippen MR) is 46.4 cm³/mol. The van der Waals surface area contributed by atoms with Gasteiger partial charge in [-0.3, -0.25) is 0 Å². The molecule has 0 aromatic rings. The monoisotopic (exact) mass is 202 g/mol. The first-order valence-corrected chi connectivity index (χ1v) is 4.40. The van der Waals surface area contributed by atoms with Crippen LogP contribution in [0.4, 0.5) is 0 Å². The van der Waals surface area contributed by atoms with Crippen LogP contribution >= 0.6 is 0 Å². The lowest BCUT2D eigenvalue weighted by atomic mass is 9.83. The first kappa shape index (κ1) is 11.3. The minimum absolute atomic E-state index is 0.110. The first-order valence-electron chi connectivity index (χ1n) is 4.40. The molecule has 0 aromatic carbocycles. The lowest BCUT2D eigenvalue weighted by Gasteiger charge is -2.30. The molecule has 0 bridgehead atoms. The third-order valence-electron chi connectivity index (χ3n) is 2.94. The van der Waals surface area contributed by atoms with Crippen LogP contribution in [0.5, 0.6) is 0 Å². The van der Waals surface area contributed by atoms with Gasteiger partial charge in [-0.25, -0.2) is 0 Å². The molecule has 1 aliphatic carbocycles. The van der Waals surface area contributed by atoms with Gasteiger partial charge < -0.3 is 24.9 Å². The summed E-state index contributed by atoms with van der Waals surface area (Å²) in [5.41, 5.74) is -3.29. The van der Waals surface area contributed by atoms with Gasteiger partial charge in [0.1, 0.15) is 18.2 Å². The van der Waals surface area contributed by atoms with Gasteiger partial charge in [0.05, 0.1) is 17.6 Å². The Kier molecular flexibility index (Phi) is 2.76. The zero-order valence-electron chi connectivity index (χ0n) is 7.88. The molecule has 0 spiro atoms. The van der Waals surface area contributed by atoms with Crippen molar-refractivity contribution in [1.82, 2.24) is 0 Å². The van der Waals surface area contributed by atoms with E-state index in [1.54, 1.807) is 0 Å². The summed E-state index contributed by atoms with van der Waals surface area (Å²) in [6.07, 6.45) is -0.895. The second-order valence-corrected chi connectivity index (χ2v) is 4.05. The number of hydrogen-bond acceptors (Lipinski definition) is 5. The van der Waals surface area contributed by atoms with Crippen molar-refractivity contribution in [3.05, 3.63) is 0 Å². The van der Waals surface area contributed by atoms with Gasteiger partial charge >= 0.3 is 0 Å². The highest BCUT2D eigenvalue weighted by Crippen LogP contribution is 2.43. The molecule has 1 rings (SSSR count). The van der Waals surface area contributed by atoms with E-state index in [1.807, 2.05) is 0 Å². The standard InChI is InChI=1S/C9H14O5/c1-8(13)4-7(12)9(14,2-3-10)6(8)5-11/h3,5-7,12-14H,2,4H2,1H3/t6-,7-,8+,9+/m1/s1. The van der Waals surface area contributed by atoms with Crippen molar-refractivity contribution in [3.63, 3.8) is 0 Å². The van der Waals surface area contributed by atoms with Crippen LogP contribution in [0.15, 0.2) is 0 Å². The number of carbonyl (C=O) groups is 2. The highest BCUT2D eigenvalue weighted by atomic mass is 16.4. The lowest BCUT2D eigenvalue weighted by molar-refractivity contribution is -0.139. The molecule has 0 radical (unpaired) electrons. The normalized spacial score (nSPS) is 47.7. The SMILES string of the molecule is C[C@]1(O)C[C@@H](O)[C@](O)(CC=O)[C@@H]1C=O. The van der Waals surface area contributed by atoms with Crippen LogP contribution < -0.4 is 0 Å². The molecule has 5 heteroatoms. The van der Waals surface area contributed by atoms with Crippen LogP contribution in [0.3, 0.4) is 0 Å². The lowest BCUT2D eigenvalue weighted by Crippen LogP contribution is -2.47. The fraction of sp³-hybridized carbons (Fsp3) is 0.778. The predicted octanol–water partition coefficient (Wildman–Crippen LogP) is -1.36. The Hall–Kier alpha value is -0.780. The Morgan fingerprint density at radius 3 is 2.43 bits per heavy atom. The van der Waals surface area contributed by atoms with E-state index in [9.17, 15) is 24.9 Å². The van der Waals surface area contributed by atoms with Crippen LogP contribution in [0.2, 0.25) is 0 Å². The molecule has 0 unspecified atom stereocenters. The summed E-state index contributed by atoms with van der Waals surface area (Å²) in [6.45, 7) is 1.36. The maximum Gasteiger partial charge on any atom is 0.128 e. The Morgan fingerprint density at radius 1 is 1.43 bits per heavy atom. The highest BCUT2D eigenvalue weighted by molar-refractivity contribution is 5.63. The summed E-state index contributed by atoms with van der Waals surface area (Å²) in [5, 5.41) is 29.1. The fourth-order valence-electron chi connectivity index (χ4n) is 2.10. The number of rotatable bonds is 3. The maximum absolute atomic E-state index is 10.7. The molecule has 1 saturated carbocycles. The topological polar surface area (TPSA) is 94.8 Å². The van der Waals surface area contributed by atoms with Crippen LogP contribution in [-0.2, 0) is 9.59 Å². The molecule has 0 aliphatic heterocycles.